The molecule has 1 aromatic heterocycles. The summed E-state index contributed by atoms with van der Waals surface area (Å²) in [7, 11) is 0. The third kappa shape index (κ3) is 2.99. The van der Waals surface area contributed by atoms with Gasteiger partial charge in [0.15, 0.2) is 0 Å². The largest absolute Gasteiger partial charge is 0.378 e. The number of aliphatic hydroxyl groups is 1. The van der Waals surface area contributed by atoms with Crippen LogP contribution in [0.1, 0.15) is 33.3 Å². The van der Waals surface area contributed by atoms with Crippen LogP contribution in [0.3, 0.4) is 0 Å². The summed E-state index contributed by atoms with van der Waals surface area (Å²) in [5.74, 6) is 0. The molecule has 0 aliphatic carbocycles. The number of benzene rings is 1. The topological polar surface area (TPSA) is 39.3 Å². The molecular weight excluding hydrogens is 236 g/mol. The van der Waals surface area contributed by atoms with Crippen LogP contribution < -0.4 is 0 Å². The summed E-state index contributed by atoms with van der Waals surface area (Å²) in [6, 6.07) is 8.89. The first kappa shape index (κ1) is 14.1. The SMILES string of the molecule is CC(C)N(C(C)C)C(O)Cc1c[nH]c2ccccc12. The molecule has 0 saturated heterocycles. The molecule has 1 heterocycles. The lowest BCUT2D eigenvalue weighted by atomic mass is 10.1. The molecule has 2 rings (SSSR count). The summed E-state index contributed by atoms with van der Waals surface area (Å²) in [5, 5.41) is 11.7. The third-order valence-corrected chi connectivity index (χ3v) is 3.61. The van der Waals surface area contributed by atoms with E-state index in [1.165, 1.54) is 10.9 Å². The standard InChI is InChI=1S/C16H24N2O/c1-11(2)18(12(3)4)16(19)9-13-10-17-15-8-6-5-7-14(13)15/h5-8,10-12,16-17,19H,9H2,1-4H3. The van der Waals surface area contributed by atoms with Crippen molar-refractivity contribution in [2.45, 2.75) is 52.4 Å². The molecule has 19 heavy (non-hydrogen) atoms. The van der Waals surface area contributed by atoms with E-state index in [-0.39, 0.29) is 0 Å². The summed E-state index contributed by atoms with van der Waals surface area (Å²) in [6.07, 6.45) is 2.21. The van der Waals surface area contributed by atoms with Crippen molar-refractivity contribution in [1.29, 1.82) is 0 Å². The number of rotatable bonds is 5. The van der Waals surface area contributed by atoms with Crippen LogP contribution in [0.4, 0.5) is 0 Å². The zero-order valence-corrected chi connectivity index (χ0v) is 12.2. The van der Waals surface area contributed by atoms with Gasteiger partial charge in [0.25, 0.3) is 0 Å². The van der Waals surface area contributed by atoms with Gasteiger partial charge in [0.1, 0.15) is 6.23 Å². The van der Waals surface area contributed by atoms with E-state index < -0.39 is 6.23 Å². The van der Waals surface area contributed by atoms with Gasteiger partial charge in [-0.2, -0.15) is 0 Å². The van der Waals surface area contributed by atoms with Crippen LogP contribution in [-0.2, 0) is 6.42 Å². The van der Waals surface area contributed by atoms with Crippen molar-refractivity contribution in [1.82, 2.24) is 9.88 Å². The van der Waals surface area contributed by atoms with E-state index in [2.05, 4.69) is 49.7 Å². The van der Waals surface area contributed by atoms with Gasteiger partial charge in [-0.3, -0.25) is 4.90 Å². The Morgan fingerprint density at radius 3 is 2.37 bits per heavy atom. The maximum Gasteiger partial charge on any atom is 0.111 e. The Bertz CT molecular complexity index is 522. The van der Waals surface area contributed by atoms with Crippen LogP contribution in [0.2, 0.25) is 0 Å². The van der Waals surface area contributed by atoms with Gasteiger partial charge in [0, 0.05) is 35.6 Å². The first-order valence-corrected chi connectivity index (χ1v) is 7.01. The monoisotopic (exact) mass is 260 g/mol. The lowest BCUT2D eigenvalue weighted by Crippen LogP contribution is -2.46. The number of hydrogen-bond donors (Lipinski definition) is 2. The number of aromatic nitrogens is 1. The molecule has 104 valence electrons. The average molecular weight is 260 g/mol. The van der Waals surface area contributed by atoms with Crippen molar-refractivity contribution in [3.8, 4) is 0 Å². The molecule has 1 atom stereocenters. The Morgan fingerprint density at radius 2 is 1.74 bits per heavy atom. The van der Waals surface area contributed by atoms with Gasteiger partial charge >= 0.3 is 0 Å². The van der Waals surface area contributed by atoms with Gasteiger partial charge in [-0.15, -0.1) is 0 Å². The van der Waals surface area contributed by atoms with Gasteiger partial charge in [0.2, 0.25) is 0 Å². The number of nitrogens with zero attached hydrogens (tertiary/aromatic N) is 1. The Balaban J connectivity index is 2.20. The number of aliphatic hydroxyl groups excluding tert-OH is 1. The fourth-order valence-corrected chi connectivity index (χ4v) is 2.89. The maximum absolute atomic E-state index is 10.5. The highest BCUT2D eigenvalue weighted by Crippen LogP contribution is 2.21. The molecule has 3 nitrogen and oxygen atoms in total. The second-order valence-electron chi connectivity index (χ2n) is 5.68. The van der Waals surface area contributed by atoms with E-state index in [9.17, 15) is 5.11 Å². The number of H-pyrrole nitrogens is 1. The number of fused-ring (bicyclic) bond motifs is 1. The molecule has 2 N–H and O–H groups in total. The van der Waals surface area contributed by atoms with E-state index in [4.69, 9.17) is 0 Å². The molecule has 0 bridgehead atoms. The number of aromatic amines is 1. The Morgan fingerprint density at radius 1 is 1.11 bits per heavy atom. The molecule has 0 saturated carbocycles. The van der Waals surface area contributed by atoms with Gasteiger partial charge in [-0.1, -0.05) is 18.2 Å². The van der Waals surface area contributed by atoms with Gasteiger partial charge in [-0.25, -0.2) is 0 Å². The first-order chi connectivity index (χ1) is 9.00. The minimum Gasteiger partial charge on any atom is -0.378 e. The minimum absolute atomic E-state index is 0.334. The Kier molecular flexibility index (Phi) is 4.27. The molecule has 1 aromatic carbocycles. The highest BCUT2D eigenvalue weighted by atomic mass is 16.3. The summed E-state index contributed by atoms with van der Waals surface area (Å²) >= 11 is 0. The van der Waals surface area contributed by atoms with Crippen molar-refractivity contribution in [3.63, 3.8) is 0 Å². The normalized spacial score (nSPS) is 13.9. The van der Waals surface area contributed by atoms with Crippen LogP contribution in [0.5, 0.6) is 0 Å². The molecular formula is C16H24N2O. The average Bonchev–Trinajstić information content (AvgIpc) is 2.72. The van der Waals surface area contributed by atoms with Crippen LogP contribution >= 0.6 is 0 Å². The van der Waals surface area contributed by atoms with E-state index in [1.807, 2.05) is 18.3 Å². The molecule has 2 aromatic rings. The zero-order valence-electron chi connectivity index (χ0n) is 12.2. The van der Waals surface area contributed by atoms with Crippen LogP contribution in [0.15, 0.2) is 30.5 Å². The van der Waals surface area contributed by atoms with Gasteiger partial charge in [0.05, 0.1) is 0 Å². The third-order valence-electron chi connectivity index (χ3n) is 3.61. The summed E-state index contributed by atoms with van der Waals surface area (Å²) in [6.45, 7) is 8.49. The van der Waals surface area contributed by atoms with Crippen molar-refractivity contribution in [2.24, 2.45) is 0 Å². The molecule has 0 spiro atoms. The molecule has 0 radical (unpaired) electrons. The zero-order chi connectivity index (χ0) is 14.0. The van der Waals surface area contributed by atoms with Crippen molar-refractivity contribution in [3.05, 3.63) is 36.0 Å². The molecule has 0 fully saturated rings. The van der Waals surface area contributed by atoms with E-state index >= 15 is 0 Å². The number of para-hydroxylation sites is 1. The van der Waals surface area contributed by atoms with E-state index in [1.54, 1.807) is 0 Å². The number of hydrogen-bond acceptors (Lipinski definition) is 2. The predicted octanol–water partition coefficient (Wildman–Crippen LogP) is 3.15. The highest BCUT2D eigenvalue weighted by Gasteiger charge is 2.22. The minimum atomic E-state index is -0.445. The lowest BCUT2D eigenvalue weighted by molar-refractivity contribution is -0.0358. The van der Waals surface area contributed by atoms with Gasteiger partial charge < -0.3 is 10.1 Å². The second-order valence-corrected chi connectivity index (χ2v) is 5.68. The fraction of sp³-hybridized carbons (Fsp3) is 0.500. The molecule has 0 amide bonds. The van der Waals surface area contributed by atoms with Crippen molar-refractivity contribution >= 4 is 10.9 Å². The quantitative estimate of drug-likeness (QED) is 0.811. The maximum atomic E-state index is 10.5. The molecule has 1 unspecified atom stereocenters. The predicted molar refractivity (Wildman–Crippen MR) is 80.1 cm³/mol. The Hall–Kier alpha value is -1.32. The van der Waals surface area contributed by atoms with E-state index in [0.29, 0.717) is 18.5 Å². The molecule has 0 aliphatic heterocycles. The Labute approximate surface area is 115 Å². The van der Waals surface area contributed by atoms with E-state index in [0.717, 1.165) is 5.52 Å². The highest BCUT2D eigenvalue weighted by molar-refractivity contribution is 5.83. The van der Waals surface area contributed by atoms with Crippen LogP contribution in [0.25, 0.3) is 10.9 Å². The fourth-order valence-electron chi connectivity index (χ4n) is 2.89. The summed E-state index contributed by atoms with van der Waals surface area (Å²) in [5.41, 5.74) is 2.31. The van der Waals surface area contributed by atoms with Crippen molar-refractivity contribution < 1.29 is 5.11 Å². The number of nitrogens with one attached hydrogen (secondary N) is 1. The van der Waals surface area contributed by atoms with Crippen LogP contribution in [-0.4, -0.2) is 33.3 Å². The van der Waals surface area contributed by atoms with Crippen LogP contribution in [0, 0.1) is 0 Å². The van der Waals surface area contributed by atoms with Crippen molar-refractivity contribution in [2.75, 3.05) is 0 Å². The molecule has 0 aliphatic rings. The first-order valence-electron chi connectivity index (χ1n) is 7.01. The van der Waals surface area contributed by atoms with Gasteiger partial charge in [-0.05, 0) is 39.3 Å². The lowest BCUT2D eigenvalue weighted by Gasteiger charge is -2.35. The second kappa shape index (κ2) is 5.76. The smallest absolute Gasteiger partial charge is 0.111 e. The summed E-state index contributed by atoms with van der Waals surface area (Å²) < 4.78 is 0. The summed E-state index contributed by atoms with van der Waals surface area (Å²) in [4.78, 5) is 5.40. The molecule has 3 heteroatoms.